The first-order chi connectivity index (χ1) is 12.3. The summed E-state index contributed by atoms with van der Waals surface area (Å²) in [5.74, 6) is -0.560. The maximum Gasteiger partial charge on any atom is 0.331 e. The van der Waals surface area contributed by atoms with Crippen molar-refractivity contribution >= 4 is 13.6 Å². The fourth-order valence-corrected chi connectivity index (χ4v) is 7.54. The van der Waals surface area contributed by atoms with E-state index in [2.05, 4.69) is 19.9 Å². The van der Waals surface area contributed by atoms with Crippen LogP contribution in [0.3, 0.4) is 0 Å². The molecule has 0 unspecified atom stereocenters. The predicted molar refractivity (Wildman–Crippen MR) is 95.9 cm³/mol. The number of epoxide rings is 1. The lowest BCUT2D eigenvalue weighted by Gasteiger charge is -2.28. The molecule has 4 rings (SSSR count). The summed E-state index contributed by atoms with van der Waals surface area (Å²) in [6, 6.07) is 0. The third kappa shape index (κ3) is 2.56. The second-order valence-electron chi connectivity index (χ2n) is 8.19. The number of carbonyl (C=O) groups excluding carboxylic acids is 1. The number of ether oxygens (including phenoxy) is 2. The molecule has 0 aromatic heterocycles. The standard InChI is InChI=1S/C19H29O6P/c1-5-22-26(21,23-6-2)11-14-13-8-9-18(4)19(25-18)10-7-12(3)15(19)16(13)24-17(14)20/h7,13-16H,5-6,8-11H2,1-4H3/t13-,14-,15+,16-,18-,19+/m0/s1. The third-order valence-corrected chi connectivity index (χ3v) is 8.97. The van der Waals surface area contributed by atoms with Crippen LogP contribution >= 0.6 is 7.60 Å². The number of esters is 1. The maximum absolute atomic E-state index is 13.0. The predicted octanol–water partition coefficient (Wildman–Crippen LogP) is 3.70. The Morgan fingerprint density at radius 3 is 2.65 bits per heavy atom. The fraction of sp³-hybridized carbons (Fsp3) is 0.842. The van der Waals surface area contributed by atoms with E-state index in [1.165, 1.54) is 5.57 Å². The minimum Gasteiger partial charge on any atom is -0.461 e. The Labute approximate surface area is 155 Å². The fourth-order valence-electron chi connectivity index (χ4n) is 5.57. The van der Waals surface area contributed by atoms with E-state index in [0.29, 0.717) is 13.2 Å². The molecule has 2 saturated heterocycles. The highest BCUT2D eigenvalue weighted by Crippen LogP contribution is 2.67. The number of rotatable bonds is 6. The van der Waals surface area contributed by atoms with Crippen LogP contribution < -0.4 is 0 Å². The van der Waals surface area contributed by atoms with E-state index < -0.39 is 13.5 Å². The van der Waals surface area contributed by atoms with Gasteiger partial charge in [-0.15, -0.1) is 0 Å². The first-order valence-corrected chi connectivity index (χ1v) is 11.5. The Hall–Kier alpha value is -0.680. The summed E-state index contributed by atoms with van der Waals surface area (Å²) < 4.78 is 36.0. The Balaban J connectivity index is 1.61. The molecule has 0 bridgehead atoms. The van der Waals surface area contributed by atoms with Crippen molar-refractivity contribution in [3.8, 4) is 0 Å². The summed E-state index contributed by atoms with van der Waals surface area (Å²) in [6.07, 6.45) is 4.75. The lowest BCUT2D eigenvalue weighted by molar-refractivity contribution is -0.145. The van der Waals surface area contributed by atoms with Gasteiger partial charge in [-0.2, -0.15) is 0 Å². The summed E-state index contributed by atoms with van der Waals surface area (Å²) in [7, 11) is -3.30. The second-order valence-corrected chi connectivity index (χ2v) is 10.3. The van der Waals surface area contributed by atoms with Gasteiger partial charge in [-0.25, -0.2) is 0 Å². The van der Waals surface area contributed by atoms with Crippen LogP contribution in [0.5, 0.6) is 0 Å². The van der Waals surface area contributed by atoms with E-state index in [0.717, 1.165) is 19.3 Å². The normalized spacial score (nSPS) is 43.8. The van der Waals surface area contributed by atoms with Crippen molar-refractivity contribution in [3.63, 3.8) is 0 Å². The molecule has 0 amide bonds. The van der Waals surface area contributed by atoms with Crippen molar-refractivity contribution in [2.45, 2.75) is 64.3 Å². The molecule has 3 fully saturated rings. The number of carbonyl (C=O) groups is 1. The Kier molecular flexibility index (Phi) is 4.43. The first-order valence-electron chi connectivity index (χ1n) is 9.74. The van der Waals surface area contributed by atoms with Crippen LogP contribution in [-0.2, 0) is 27.9 Å². The van der Waals surface area contributed by atoms with Gasteiger partial charge in [-0.05, 0) is 47.0 Å². The van der Waals surface area contributed by atoms with E-state index in [-0.39, 0.29) is 41.3 Å². The molecule has 6 nitrogen and oxygen atoms in total. The molecule has 6 atom stereocenters. The van der Waals surface area contributed by atoms with E-state index in [1.807, 2.05) is 0 Å². The van der Waals surface area contributed by atoms with E-state index in [9.17, 15) is 9.36 Å². The van der Waals surface area contributed by atoms with Gasteiger partial charge in [0.2, 0.25) is 0 Å². The van der Waals surface area contributed by atoms with Crippen LogP contribution in [-0.4, -0.2) is 42.7 Å². The highest BCUT2D eigenvalue weighted by atomic mass is 31.2. The van der Waals surface area contributed by atoms with Gasteiger partial charge in [0.25, 0.3) is 0 Å². The SMILES string of the molecule is CCOP(=O)(C[C@@H]1C(=O)O[C@H]2[C@H]1CC[C@]1(C)O[C@@]13CC=C(C)[C@H]23)OCC. The monoisotopic (exact) mass is 384 g/mol. The van der Waals surface area contributed by atoms with Gasteiger partial charge in [-0.1, -0.05) is 11.6 Å². The van der Waals surface area contributed by atoms with Crippen molar-refractivity contribution in [1.82, 2.24) is 0 Å². The Bertz CT molecular complexity index is 680. The molecular weight excluding hydrogens is 355 g/mol. The lowest BCUT2D eigenvalue weighted by Crippen LogP contribution is -2.37. The number of hydrogen-bond acceptors (Lipinski definition) is 6. The third-order valence-electron chi connectivity index (χ3n) is 6.83. The minimum absolute atomic E-state index is 0.0355. The van der Waals surface area contributed by atoms with Crippen molar-refractivity contribution in [1.29, 1.82) is 0 Å². The summed E-state index contributed by atoms with van der Waals surface area (Å²) >= 11 is 0. The van der Waals surface area contributed by atoms with Gasteiger partial charge >= 0.3 is 13.6 Å². The molecule has 26 heavy (non-hydrogen) atoms. The average molecular weight is 384 g/mol. The highest BCUT2D eigenvalue weighted by molar-refractivity contribution is 7.53. The molecule has 0 aromatic carbocycles. The van der Waals surface area contributed by atoms with Crippen molar-refractivity contribution in [2.24, 2.45) is 17.8 Å². The van der Waals surface area contributed by atoms with E-state index in [4.69, 9.17) is 18.5 Å². The zero-order valence-electron chi connectivity index (χ0n) is 16.0. The molecule has 4 aliphatic rings. The second kappa shape index (κ2) is 6.16. The quantitative estimate of drug-likeness (QED) is 0.301. The molecule has 7 heteroatoms. The Morgan fingerprint density at radius 2 is 2.00 bits per heavy atom. The molecule has 0 N–H and O–H groups in total. The summed E-state index contributed by atoms with van der Waals surface area (Å²) in [6.45, 7) is 8.45. The number of hydrogen-bond donors (Lipinski definition) is 0. The summed E-state index contributed by atoms with van der Waals surface area (Å²) in [5, 5.41) is 0. The molecular formula is C19H29O6P. The van der Waals surface area contributed by atoms with Gasteiger partial charge in [0.05, 0.1) is 30.9 Å². The van der Waals surface area contributed by atoms with Crippen LogP contribution in [0.15, 0.2) is 11.6 Å². The molecule has 0 radical (unpaired) electrons. The zero-order valence-corrected chi connectivity index (χ0v) is 16.9. The first kappa shape index (κ1) is 18.7. The maximum atomic E-state index is 13.0. The molecule has 1 spiro atoms. The summed E-state index contributed by atoms with van der Waals surface area (Å²) in [4.78, 5) is 12.7. The molecule has 1 saturated carbocycles. The van der Waals surface area contributed by atoms with Gasteiger partial charge in [-0.3, -0.25) is 9.36 Å². The molecule has 146 valence electrons. The van der Waals surface area contributed by atoms with Gasteiger partial charge in [0.1, 0.15) is 11.7 Å². The van der Waals surface area contributed by atoms with Gasteiger partial charge in [0, 0.05) is 11.8 Å². The van der Waals surface area contributed by atoms with Gasteiger partial charge in [0.15, 0.2) is 0 Å². The van der Waals surface area contributed by atoms with E-state index in [1.54, 1.807) is 13.8 Å². The van der Waals surface area contributed by atoms with Crippen LogP contribution in [0.1, 0.15) is 47.0 Å². The average Bonchev–Trinajstić information content (AvgIpc) is 2.88. The van der Waals surface area contributed by atoms with Crippen molar-refractivity contribution < 1.29 is 27.9 Å². The molecule has 2 aliphatic heterocycles. The summed E-state index contributed by atoms with van der Waals surface area (Å²) in [5.41, 5.74) is 0.892. The smallest absolute Gasteiger partial charge is 0.331 e. The van der Waals surface area contributed by atoms with Crippen LogP contribution in [0, 0.1) is 17.8 Å². The van der Waals surface area contributed by atoms with Crippen LogP contribution in [0.4, 0.5) is 0 Å². The van der Waals surface area contributed by atoms with Crippen molar-refractivity contribution in [2.75, 3.05) is 19.4 Å². The van der Waals surface area contributed by atoms with E-state index >= 15 is 0 Å². The largest absolute Gasteiger partial charge is 0.461 e. The number of fused-ring (bicyclic) bond motifs is 2. The molecule has 2 aliphatic carbocycles. The zero-order chi connectivity index (χ0) is 18.7. The Morgan fingerprint density at radius 1 is 1.31 bits per heavy atom. The highest BCUT2D eigenvalue weighted by Gasteiger charge is 2.76. The molecule has 0 aromatic rings. The van der Waals surface area contributed by atoms with Crippen molar-refractivity contribution in [3.05, 3.63) is 11.6 Å². The van der Waals surface area contributed by atoms with Gasteiger partial charge < -0.3 is 18.5 Å². The van der Waals surface area contributed by atoms with Crippen LogP contribution in [0.2, 0.25) is 0 Å². The topological polar surface area (TPSA) is 74.4 Å². The van der Waals surface area contributed by atoms with Crippen LogP contribution in [0.25, 0.3) is 0 Å². The molecule has 2 heterocycles. The lowest BCUT2D eigenvalue weighted by atomic mass is 9.77. The minimum atomic E-state index is -3.30.